The Bertz CT molecular complexity index is 520. The van der Waals surface area contributed by atoms with Crippen molar-refractivity contribution in [2.45, 2.75) is 5.54 Å². The molecule has 0 aliphatic carbocycles. The smallest absolute Gasteiger partial charge is 0.273 e. The fraction of sp³-hybridized carbons (Fsp3) is 0.417. The van der Waals surface area contributed by atoms with Crippen LogP contribution in [0.15, 0.2) is 18.2 Å². The first-order valence-corrected chi connectivity index (χ1v) is 5.90. The van der Waals surface area contributed by atoms with Crippen molar-refractivity contribution in [3.8, 4) is 5.75 Å². The molecule has 0 aliphatic rings. The van der Waals surface area contributed by atoms with Crippen LogP contribution in [0.25, 0.3) is 0 Å². The maximum atomic E-state index is 12.1. The molecule has 0 radical (unpaired) electrons. The minimum absolute atomic E-state index is 0.0252. The molecule has 4 N–H and O–H groups in total. The Morgan fingerprint density at radius 1 is 1.33 bits per heavy atom. The normalized spacial score (nSPS) is 11.0. The molecule has 0 aliphatic heterocycles. The average Bonchev–Trinajstić information content (AvgIpc) is 2.51. The van der Waals surface area contributed by atoms with Gasteiger partial charge < -0.3 is 25.4 Å². The summed E-state index contributed by atoms with van der Waals surface area (Å²) < 4.78 is 4.92. The number of benzene rings is 1. The van der Waals surface area contributed by atoms with E-state index in [1.165, 1.54) is 13.2 Å². The largest absolute Gasteiger partial charge is 0.496 e. The van der Waals surface area contributed by atoms with Crippen LogP contribution in [0.1, 0.15) is 10.4 Å². The average molecular weight is 300 g/mol. The Morgan fingerprint density at radius 2 is 1.90 bits per heavy atom. The Morgan fingerprint density at radius 3 is 2.33 bits per heavy atom. The molecule has 0 fully saturated rings. The van der Waals surface area contributed by atoms with Gasteiger partial charge in [0.1, 0.15) is 11.3 Å². The lowest BCUT2D eigenvalue weighted by Crippen LogP contribution is -2.57. The molecule has 1 rings (SSSR count). The second-order valence-corrected chi connectivity index (χ2v) is 4.35. The van der Waals surface area contributed by atoms with Crippen LogP contribution in [0.4, 0.5) is 5.69 Å². The number of rotatable bonds is 7. The van der Waals surface area contributed by atoms with Gasteiger partial charge in [-0.05, 0) is 6.07 Å². The monoisotopic (exact) mass is 300 g/mol. The van der Waals surface area contributed by atoms with E-state index >= 15 is 0 Å². The highest BCUT2D eigenvalue weighted by Crippen LogP contribution is 2.25. The minimum Gasteiger partial charge on any atom is -0.496 e. The molecule has 0 atom stereocenters. The molecule has 0 saturated heterocycles. The summed E-state index contributed by atoms with van der Waals surface area (Å²) in [7, 11) is 1.24. The molecule has 1 aromatic rings. The topological polar surface area (TPSA) is 142 Å². The summed E-state index contributed by atoms with van der Waals surface area (Å²) in [6.45, 7) is -2.04. The molecular formula is C12H16N2O7. The van der Waals surface area contributed by atoms with Crippen LogP contribution in [-0.4, -0.2) is 58.6 Å². The number of carbonyl (C=O) groups excluding carboxylic acids is 1. The lowest BCUT2D eigenvalue weighted by atomic mass is 10.0. The van der Waals surface area contributed by atoms with Gasteiger partial charge in [-0.25, -0.2) is 0 Å². The molecule has 0 bridgehead atoms. The number of methoxy groups -OCH3 is 1. The lowest BCUT2D eigenvalue weighted by molar-refractivity contribution is -0.384. The van der Waals surface area contributed by atoms with E-state index in [1.807, 2.05) is 0 Å². The van der Waals surface area contributed by atoms with Crippen molar-refractivity contribution in [1.29, 1.82) is 0 Å². The summed E-state index contributed by atoms with van der Waals surface area (Å²) in [5.74, 6) is -0.789. The second kappa shape index (κ2) is 6.97. The lowest BCUT2D eigenvalue weighted by Gasteiger charge is -2.28. The SMILES string of the molecule is COc1cc([N+](=O)[O-])ccc1C(=O)NC(CO)(CO)CO. The quantitative estimate of drug-likeness (QED) is 0.375. The van der Waals surface area contributed by atoms with Crippen LogP contribution in [-0.2, 0) is 0 Å². The van der Waals surface area contributed by atoms with Gasteiger partial charge in [0.25, 0.3) is 11.6 Å². The minimum atomic E-state index is -1.59. The fourth-order valence-corrected chi connectivity index (χ4v) is 1.56. The summed E-state index contributed by atoms with van der Waals surface area (Å²) in [5.41, 5.74) is -1.87. The Labute approximate surface area is 119 Å². The second-order valence-electron chi connectivity index (χ2n) is 4.35. The van der Waals surface area contributed by atoms with E-state index in [2.05, 4.69) is 5.32 Å². The number of amides is 1. The van der Waals surface area contributed by atoms with E-state index < -0.39 is 36.2 Å². The van der Waals surface area contributed by atoms with Gasteiger partial charge >= 0.3 is 0 Å². The number of non-ortho nitro benzene ring substituents is 1. The molecule has 0 heterocycles. The fourth-order valence-electron chi connectivity index (χ4n) is 1.56. The molecule has 116 valence electrons. The molecule has 1 aromatic carbocycles. The van der Waals surface area contributed by atoms with Crippen molar-refractivity contribution in [3.63, 3.8) is 0 Å². The molecule has 9 nitrogen and oxygen atoms in total. The third kappa shape index (κ3) is 3.66. The predicted molar refractivity (Wildman–Crippen MR) is 71.1 cm³/mol. The number of aliphatic hydroxyl groups is 3. The van der Waals surface area contributed by atoms with E-state index in [4.69, 9.17) is 20.1 Å². The molecule has 9 heteroatoms. The molecule has 0 spiro atoms. The number of ether oxygens (including phenoxy) is 1. The summed E-state index contributed by atoms with van der Waals surface area (Å²) >= 11 is 0. The van der Waals surface area contributed by atoms with E-state index in [9.17, 15) is 14.9 Å². The molecule has 0 unspecified atom stereocenters. The van der Waals surface area contributed by atoms with E-state index in [0.717, 1.165) is 12.1 Å². The number of nitrogens with one attached hydrogen (secondary N) is 1. The van der Waals surface area contributed by atoms with Gasteiger partial charge in [-0.3, -0.25) is 14.9 Å². The van der Waals surface area contributed by atoms with Crippen molar-refractivity contribution in [2.75, 3.05) is 26.9 Å². The van der Waals surface area contributed by atoms with Gasteiger partial charge in [0.05, 0.1) is 43.5 Å². The van der Waals surface area contributed by atoms with Crippen molar-refractivity contribution < 1.29 is 29.8 Å². The standard InChI is InChI=1S/C12H16N2O7/c1-21-10-4-8(14(19)20)2-3-9(10)11(18)13-12(5-15,6-16)7-17/h2-4,15-17H,5-7H2,1H3,(H,13,18). The van der Waals surface area contributed by atoms with Crippen molar-refractivity contribution in [1.82, 2.24) is 5.32 Å². The third-order valence-electron chi connectivity index (χ3n) is 2.93. The summed E-state index contributed by atoms with van der Waals surface area (Å²) in [5, 5.41) is 40.4. The van der Waals surface area contributed by atoms with Crippen LogP contribution >= 0.6 is 0 Å². The van der Waals surface area contributed by atoms with E-state index in [0.29, 0.717) is 0 Å². The maximum absolute atomic E-state index is 12.1. The third-order valence-corrected chi connectivity index (χ3v) is 2.93. The number of aliphatic hydroxyl groups excluding tert-OH is 3. The van der Waals surface area contributed by atoms with Crippen molar-refractivity contribution in [3.05, 3.63) is 33.9 Å². The highest BCUT2D eigenvalue weighted by molar-refractivity contribution is 5.97. The highest BCUT2D eigenvalue weighted by atomic mass is 16.6. The summed E-state index contributed by atoms with van der Waals surface area (Å²) in [6.07, 6.45) is 0. The number of hydrogen-bond donors (Lipinski definition) is 4. The van der Waals surface area contributed by atoms with E-state index in [1.54, 1.807) is 0 Å². The molecule has 1 amide bonds. The van der Waals surface area contributed by atoms with Crippen LogP contribution in [0.3, 0.4) is 0 Å². The summed E-state index contributed by atoms with van der Waals surface area (Å²) in [4.78, 5) is 22.1. The number of hydrogen-bond acceptors (Lipinski definition) is 7. The molecule has 0 aromatic heterocycles. The highest BCUT2D eigenvalue weighted by Gasteiger charge is 2.31. The first-order chi connectivity index (χ1) is 9.92. The zero-order chi connectivity index (χ0) is 16.0. The Balaban J connectivity index is 3.10. The first kappa shape index (κ1) is 16.8. The maximum Gasteiger partial charge on any atom is 0.273 e. The van der Waals surface area contributed by atoms with Crippen molar-refractivity contribution in [2.24, 2.45) is 0 Å². The first-order valence-electron chi connectivity index (χ1n) is 5.90. The van der Waals surface area contributed by atoms with Gasteiger partial charge in [0, 0.05) is 6.07 Å². The molecular weight excluding hydrogens is 284 g/mol. The van der Waals surface area contributed by atoms with Crippen LogP contribution in [0, 0.1) is 10.1 Å². The Hall–Kier alpha value is -2.23. The zero-order valence-electron chi connectivity index (χ0n) is 11.3. The van der Waals surface area contributed by atoms with Gasteiger partial charge in [-0.1, -0.05) is 0 Å². The zero-order valence-corrected chi connectivity index (χ0v) is 11.3. The molecule has 0 saturated carbocycles. The van der Waals surface area contributed by atoms with Crippen LogP contribution in [0.5, 0.6) is 5.75 Å². The summed E-state index contributed by atoms with van der Waals surface area (Å²) in [6, 6.07) is 3.38. The van der Waals surface area contributed by atoms with Gasteiger partial charge in [0.15, 0.2) is 0 Å². The van der Waals surface area contributed by atoms with Gasteiger partial charge in [0.2, 0.25) is 0 Å². The number of carbonyl (C=O) groups is 1. The van der Waals surface area contributed by atoms with Crippen LogP contribution in [0.2, 0.25) is 0 Å². The van der Waals surface area contributed by atoms with E-state index in [-0.39, 0.29) is 17.0 Å². The number of nitro groups is 1. The number of nitrogens with zero attached hydrogens (tertiary/aromatic N) is 1. The van der Waals surface area contributed by atoms with Gasteiger partial charge in [-0.15, -0.1) is 0 Å². The predicted octanol–water partition coefficient (Wildman–Crippen LogP) is -0.951. The number of nitro benzene ring substituents is 1. The van der Waals surface area contributed by atoms with Gasteiger partial charge in [-0.2, -0.15) is 0 Å². The Kier molecular flexibility index (Phi) is 5.59. The van der Waals surface area contributed by atoms with Crippen LogP contribution < -0.4 is 10.1 Å². The molecule has 21 heavy (non-hydrogen) atoms. The van der Waals surface area contributed by atoms with Crippen molar-refractivity contribution >= 4 is 11.6 Å².